The van der Waals surface area contributed by atoms with E-state index in [4.69, 9.17) is 16.6 Å². The van der Waals surface area contributed by atoms with E-state index in [-0.39, 0.29) is 30.8 Å². The van der Waals surface area contributed by atoms with Crippen molar-refractivity contribution in [3.63, 3.8) is 0 Å². The first-order valence-corrected chi connectivity index (χ1v) is 11.6. The standard InChI is InChI=1S/C16H29N5O6S3/c1-30-5-4-10(15(25)21-11(7-29)16(26)27)20-14(24)9(2-3-12(18)22)19-13(23)8(17)6-28/h8-11,28-29H,2-7,17H2,1H3,(H2,18,22)(H,19,23)(H,20,24)(H,21,25)(H,26,27). The largest absolute Gasteiger partial charge is 0.480 e. The van der Waals surface area contributed by atoms with Crippen molar-refractivity contribution in [3.05, 3.63) is 0 Å². The van der Waals surface area contributed by atoms with Crippen LogP contribution >= 0.6 is 37.0 Å². The summed E-state index contributed by atoms with van der Waals surface area (Å²) in [5, 5.41) is 16.3. The van der Waals surface area contributed by atoms with Crippen molar-refractivity contribution in [2.45, 2.75) is 43.4 Å². The zero-order chi connectivity index (χ0) is 23.3. The summed E-state index contributed by atoms with van der Waals surface area (Å²) in [7, 11) is 0. The number of primary amides is 1. The quantitative estimate of drug-likeness (QED) is 0.119. The van der Waals surface area contributed by atoms with Crippen LogP contribution in [0.25, 0.3) is 0 Å². The summed E-state index contributed by atoms with van der Waals surface area (Å²) in [4.78, 5) is 59.5. The minimum Gasteiger partial charge on any atom is -0.480 e. The molecule has 0 aromatic rings. The van der Waals surface area contributed by atoms with Gasteiger partial charge in [0.1, 0.15) is 18.1 Å². The van der Waals surface area contributed by atoms with Gasteiger partial charge in [-0.05, 0) is 24.9 Å². The molecule has 0 spiro atoms. The van der Waals surface area contributed by atoms with Crippen molar-refractivity contribution in [2.75, 3.05) is 23.5 Å². The highest BCUT2D eigenvalue weighted by Crippen LogP contribution is 2.05. The van der Waals surface area contributed by atoms with E-state index in [0.29, 0.717) is 5.75 Å². The van der Waals surface area contributed by atoms with E-state index >= 15 is 0 Å². The van der Waals surface area contributed by atoms with Gasteiger partial charge in [0.25, 0.3) is 0 Å². The highest BCUT2D eigenvalue weighted by atomic mass is 32.2. The molecule has 0 bridgehead atoms. The smallest absolute Gasteiger partial charge is 0.327 e. The zero-order valence-corrected chi connectivity index (χ0v) is 19.1. The molecular weight excluding hydrogens is 454 g/mol. The molecule has 4 atom stereocenters. The van der Waals surface area contributed by atoms with Gasteiger partial charge in [0, 0.05) is 17.9 Å². The van der Waals surface area contributed by atoms with Gasteiger partial charge in [-0.2, -0.15) is 37.0 Å². The second kappa shape index (κ2) is 15.2. The Labute approximate surface area is 190 Å². The molecule has 14 heteroatoms. The Kier molecular flexibility index (Phi) is 14.4. The summed E-state index contributed by atoms with van der Waals surface area (Å²) in [5.74, 6) is -3.62. The topological polar surface area (TPSA) is 194 Å². The Hall–Kier alpha value is -1.64. The Bertz CT molecular complexity index is 624. The number of carboxylic acid groups (broad SMARTS) is 1. The molecule has 0 aliphatic rings. The maximum absolute atomic E-state index is 12.7. The first kappa shape index (κ1) is 28.4. The van der Waals surface area contributed by atoms with Gasteiger partial charge in [0.05, 0.1) is 6.04 Å². The van der Waals surface area contributed by atoms with Crippen LogP contribution in [0.1, 0.15) is 19.3 Å². The maximum Gasteiger partial charge on any atom is 0.327 e. The van der Waals surface area contributed by atoms with Crippen LogP contribution in [0.15, 0.2) is 0 Å². The third-order valence-corrected chi connectivity index (χ3v) is 5.29. The lowest BCUT2D eigenvalue weighted by molar-refractivity contribution is -0.141. The number of hydrogen-bond acceptors (Lipinski definition) is 9. The van der Waals surface area contributed by atoms with E-state index in [1.54, 1.807) is 6.26 Å². The highest BCUT2D eigenvalue weighted by Gasteiger charge is 2.29. The normalized spacial score (nSPS) is 14.7. The van der Waals surface area contributed by atoms with Crippen LogP contribution < -0.4 is 27.4 Å². The van der Waals surface area contributed by atoms with Crippen molar-refractivity contribution in [2.24, 2.45) is 11.5 Å². The lowest BCUT2D eigenvalue weighted by atomic mass is 10.1. The SMILES string of the molecule is CSCCC(NC(=O)C(CCC(N)=O)NC(=O)C(N)CS)C(=O)NC(CS)C(=O)O. The molecule has 0 fully saturated rings. The molecular formula is C16H29N5O6S3. The van der Waals surface area contributed by atoms with E-state index in [1.807, 2.05) is 0 Å². The molecule has 8 N–H and O–H groups in total. The fourth-order valence-corrected chi connectivity index (χ4v) is 3.04. The molecule has 172 valence electrons. The van der Waals surface area contributed by atoms with Gasteiger partial charge in [0.15, 0.2) is 0 Å². The van der Waals surface area contributed by atoms with Crippen molar-refractivity contribution >= 4 is 66.6 Å². The van der Waals surface area contributed by atoms with Gasteiger partial charge >= 0.3 is 5.97 Å². The van der Waals surface area contributed by atoms with Crippen molar-refractivity contribution in [3.8, 4) is 0 Å². The number of nitrogens with one attached hydrogen (secondary N) is 3. The first-order valence-electron chi connectivity index (χ1n) is 8.95. The second-order valence-electron chi connectivity index (χ2n) is 6.28. The van der Waals surface area contributed by atoms with Crippen LogP contribution in [0.5, 0.6) is 0 Å². The second-order valence-corrected chi connectivity index (χ2v) is 8.00. The van der Waals surface area contributed by atoms with Gasteiger partial charge in [-0.25, -0.2) is 4.79 Å². The van der Waals surface area contributed by atoms with Crippen molar-refractivity contribution in [1.82, 2.24) is 16.0 Å². The number of rotatable bonds is 15. The number of carbonyl (C=O) groups is 5. The minimum absolute atomic E-state index is 0.0368. The van der Waals surface area contributed by atoms with E-state index < -0.39 is 53.8 Å². The summed E-state index contributed by atoms with van der Waals surface area (Å²) < 4.78 is 0. The van der Waals surface area contributed by atoms with Gasteiger partial charge in [-0.15, -0.1) is 0 Å². The van der Waals surface area contributed by atoms with Crippen LogP contribution in [0, 0.1) is 0 Å². The third-order valence-electron chi connectivity index (χ3n) is 3.89. The molecule has 4 amide bonds. The number of aliphatic carboxylic acids is 1. The van der Waals surface area contributed by atoms with Crippen LogP contribution in [-0.2, 0) is 24.0 Å². The Balaban J connectivity index is 5.36. The van der Waals surface area contributed by atoms with Crippen molar-refractivity contribution < 1.29 is 29.1 Å². The molecule has 30 heavy (non-hydrogen) atoms. The van der Waals surface area contributed by atoms with E-state index in [1.165, 1.54) is 11.8 Å². The lowest BCUT2D eigenvalue weighted by Gasteiger charge is -2.24. The maximum atomic E-state index is 12.7. The Morgan fingerprint density at radius 3 is 1.83 bits per heavy atom. The van der Waals surface area contributed by atoms with Crippen LogP contribution in [0.4, 0.5) is 0 Å². The Morgan fingerprint density at radius 1 is 0.900 bits per heavy atom. The minimum atomic E-state index is -1.26. The summed E-state index contributed by atoms with van der Waals surface area (Å²) in [6.45, 7) is 0. The molecule has 0 aliphatic carbocycles. The first-order chi connectivity index (χ1) is 14.1. The summed E-state index contributed by atoms with van der Waals surface area (Å²) in [5.41, 5.74) is 10.7. The van der Waals surface area contributed by atoms with Crippen molar-refractivity contribution in [1.29, 1.82) is 0 Å². The van der Waals surface area contributed by atoms with Crippen LogP contribution in [-0.4, -0.2) is 82.4 Å². The monoisotopic (exact) mass is 483 g/mol. The predicted molar refractivity (Wildman–Crippen MR) is 121 cm³/mol. The van der Waals surface area contributed by atoms with E-state index in [2.05, 4.69) is 41.2 Å². The van der Waals surface area contributed by atoms with Gasteiger partial charge < -0.3 is 32.5 Å². The van der Waals surface area contributed by atoms with E-state index in [0.717, 1.165) is 0 Å². The number of hydrogen-bond donors (Lipinski definition) is 8. The van der Waals surface area contributed by atoms with Gasteiger partial charge in [0.2, 0.25) is 23.6 Å². The molecule has 11 nitrogen and oxygen atoms in total. The molecule has 0 heterocycles. The average Bonchev–Trinajstić information content (AvgIpc) is 2.70. The van der Waals surface area contributed by atoms with Crippen LogP contribution in [0.3, 0.4) is 0 Å². The molecule has 0 rings (SSSR count). The van der Waals surface area contributed by atoms with E-state index in [9.17, 15) is 24.0 Å². The number of carboxylic acids is 1. The fraction of sp³-hybridized carbons (Fsp3) is 0.688. The van der Waals surface area contributed by atoms with Gasteiger partial charge in [-0.1, -0.05) is 0 Å². The molecule has 0 saturated carbocycles. The third kappa shape index (κ3) is 10.9. The predicted octanol–water partition coefficient (Wildman–Crippen LogP) is -2.27. The summed E-state index contributed by atoms with van der Waals surface area (Å²) in [6, 6.07) is -4.42. The molecule has 0 saturated heterocycles. The molecule has 4 unspecified atom stereocenters. The number of thioether (sulfide) groups is 1. The highest BCUT2D eigenvalue weighted by molar-refractivity contribution is 7.98. The number of carbonyl (C=O) groups excluding carboxylic acids is 4. The summed E-state index contributed by atoms with van der Waals surface area (Å²) >= 11 is 9.24. The Morgan fingerprint density at radius 2 is 1.40 bits per heavy atom. The lowest BCUT2D eigenvalue weighted by Crippen LogP contribution is -2.57. The molecule has 0 radical (unpaired) electrons. The van der Waals surface area contributed by atoms with Gasteiger partial charge in [-0.3, -0.25) is 19.2 Å². The number of amides is 4. The summed E-state index contributed by atoms with van der Waals surface area (Å²) in [6.07, 6.45) is 1.73. The zero-order valence-electron chi connectivity index (χ0n) is 16.5. The number of thiol groups is 2. The molecule has 0 aromatic heterocycles. The van der Waals surface area contributed by atoms with Crippen LogP contribution in [0.2, 0.25) is 0 Å². The molecule has 0 aliphatic heterocycles. The fourth-order valence-electron chi connectivity index (χ4n) is 2.15. The average molecular weight is 484 g/mol. The number of nitrogens with two attached hydrogens (primary N) is 2. The molecule has 0 aromatic carbocycles.